The fourth-order valence-corrected chi connectivity index (χ4v) is 1.87. The monoisotopic (exact) mass is 239 g/mol. The molecule has 4 nitrogen and oxygen atoms in total. The summed E-state index contributed by atoms with van der Waals surface area (Å²) in [6.07, 6.45) is 1.68. The zero-order valence-electron chi connectivity index (χ0n) is 10.4. The van der Waals surface area contributed by atoms with E-state index in [1.165, 1.54) is 11.1 Å². The number of hydrogen-bond acceptors (Lipinski definition) is 4. The van der Waals surface area contributed by atoms with Crippen molar-refractivity contribution in [1.29, 1.82) is 0 Å². The molecule has 0 spiro atoms. The van der Waals surface area contributed by atoms with Gasteiger partial charge < -0.3 is 15.4 Å². The van der Waals surface area contributed by atoms with E-state index in [0.717, 1.165) is 18.4 Å². The molecule has 1 unspecified atom stereocenters. The van der Waals surface area contributed by atoms with Crippen LogP contribution < -0.4 is 0 Å². The molecule has 1 atom stereocenters. The molecule has 1 aromatic carbocycles. The lowest BCUT2D eigenvalue weighted by molar-refractivity contribution is -0.0994. The largest absolute Gasteiger partial charge is 0.504 e. The minimum Gasteiger partial charge on any atom is -0.504 e. The number of rotatable bonds is 6. The van der Waals surface area contributed by atoms with Crippen molar-refractivity contribution in [2.75, 3.05) is 13.1 Å². The predicted molar refractivity (Wildman–Crippen MR) is 66.3 cm³/mol. The van der Waals surface area contributed by atoms with Crippen LogP contribution in [0.5, 0.6) is 11.5 Å². The van der Waals surface area contributed by atoms with E-state index in [2.05, 4.69) is 0 Å². The summed E-state index contributed by atoms with van der Waals surface area (Å²) in [6.45, 7) is 5.34. The van der Waals surface area contributed by atoms with Crippen LogP contribution in [-0.2, 0) is 6.42 Å². The highest BCUT2D eigenvalue weighted by atomic mass is 16.5. The van der Waals surface area contributed by atoms with Gasteiger partial charge in [-0.1, -0.05) is 19.9 Å². The number of phenols is 2. The molecule has 0 saturated carbocycles. The second-order valence-corrected chi connectivity index (χ2v) is 4.54. The molecule has 0 saturated heterocycles. The van der Waals surface area contributed by atoms with Crippen LogP contribution in [0.3, 0.4) is 0 Å². The first-order valence-electron chi connectivity index (χ1n) is 5.97. The zero-order chi connectivity index (χ0) is 12.8. The first-order chi connectivity index (χ1) is 8.02. The molecular formula is C13H21NO3. The second-order valence-electron chi connectivity index (χ2n) is 4.54. The third kappa shape index (κ3) is 4.63. The number of hydrogen-bond donors (Lipinski definition) is 3. The van der Waals surface area contributed by atoms with E-state index in [1.807, 2.05) is 13.8 Å². The van der Waals surface area contributed by atoms with Crippen molar-refractivity contribution >= 4 is 0 Å². The average Bonchev–Trinajstić information content (AvgIpc) is 2.23. The molecule has 4 heteroatoms. The van der Waals surface area contributed by atoms with Crippen molar-refractivity contribution in [2.24, 2.45) is 5.92 Å². The molecule has 0 bridgehead atoms. The van der Waals surface area contributed by atoms with E-state index in [1.54, 1.807) is 12.1 Å². The van der Waals surface area contributed by atoms with Gasteiger partial charge in [0.05, 0.1) is 0 Å². The molecule has 0 amide bonds. The van der Waals surface area contributed by atoms with Crippen molar-refractivity contribution < 1.29 is 15.4 Å². The fraction of sp³-hybridized carbons (Fsp3) is 0.538. The van der Waals surface area contributed by atoms with E-state index in [0.29, 0.717) is 13.1 Å². The van der Waals surface area contributed by atoms with Crippen LogP contribution in [0.25, 0.3) is 0 Å². The lowest BCUT2D eigenvalue weighted by Crippen LogP contribution is -2.26. The van der Waals surface area contributed by atoms with Crippen LogP contribution in [0.1, 0.15) is 25.8 Å². The van der Waals surface area contributed by atoms with Gasteiger partial charge in [0, 0.05) is 13.1 Å². The van der Waals surface area contributed by atoms with Crippen LogP contribution in [0.15, 0.2) is 18.2 Å². The molecule has 3 N–H and O–H groups in total. The lowest BCUT2D eigenvalue weighted by atomic mass is 10.0. The summed E-state index contributed by atoms with van der Waals surface area (Å²) in [5.41, 5.74) is 0.956. The van der Waals surface area contributed by atoms with E-state index >= 15 is 0 Å². The molecule has 17 heavy (non-hydrogen) atoms. The van der Waals surface area contributed by atoms with E-state index < -0.39 is 0 Å². The Hall–Kier alpha value is -1.26. The quantitative estimate of drug-likeness (QED) is 0.527. The Morgan fingerprint density at radius 1 is 1.24 bits per heavy atom. The minimum absolute atomic E-state index is 0.0934. The van der Waals surface area contributed by atoms with Gasteiger partial charge in [0.15, 0.2) is 11.5 Å². The molecular weight excluding hydrogens is 218 g/mol. The van der Waals surface area contributed by atoms with Crippen molar-refractivity contribution in [3.63, 3.8) is 0 Å². The Morgan fingerprint density at radius 2 is 1.94 bits per heavy atom. The molecule has 0 aromatic heterocycles. The fourth-order valence-electron chi connectivity index (χ4n) is 1.87. The summed E-state index contributed by atoms with van der Waals surface area (Å²) >= 11 is 0. The van der Waals surface area contributed by atoms with Crippen LogP contribution >= 0.6 is 0 Å². The highest BCUT2D eigenvalue weighted by molar-refractivity contribution is 5.40. The van der Waals surface area contributed by atoms with Crippen LogP contribution in [0.2, 0.25) is 0 Å². The van der Waals surface area contributed by atoms with Crippen molar-refractivity contribution in [2.45, 2.75) is 26.7 Å². The maximum atomic E-state index is 9.54. The number of aromatic hydroxyl groups is 2. The summed E-state index contributed by atoms with van der Waals surface area (Å²) < 4.78 is 0. The zero-order valence-corrected chi connectivity index (χ0v) is 10.4. The molecule has 96 valence electrons. The molecule has 0 aliphatic rings. The van der Waals surface area contributed by atoms with Gasteiger partial charge in [-0.15, -0.1) is 0 Å². The average molecular weight is 239 g/mol. The van der Waals surface area contributed by atoms with Gasteiger partial charge in [-0.3, -0.25) is 0 Å². The van der Waals surface area contributed by atoms with Gasteiger partial charge in [-0.25, -0.2) is 0 Å². The standard InChI is InChI=1S/C13H21NO3/c1-3-6-14(17)9-10(2)7-11-4-5-12(15)13(16)8-11/h4-5,8,10,15-17H,3,6-7,9H2,1-2H3. The van der Waals surface area contributed by atoms with Crippen LogP contribution in [0.4, 0.5) is 0 Å². The summed E-state index contributed by atoms with van der Waals surface area (Å²) in [5.74, 6) is 0.0933. The third-order valence-electron chi connectivity index (χ3n) is 2.63. The number of phenolic OH excluding ortho intramolecular Hbond substituents is 2. The topological polar surface area (TPSA) is 63.9 Å². The first kappa shape index (κ1) is 13.8. The highest BCUT2D eigenvalue weighted by Crippen LogP contribution is 2.26. The number of hydroxylamine groups is 2. The number of benzene rings is 1. The lowest BCUT2D eigenvalue weighted by Gasteiger charge is -2.19. The maximum absolute atomic E-state index is 9.54. The van der Waals surface area contributed by atoms with Crippen molar-refractivity contribution in [3.05, 3.63) is 23.8 Å². The van der Waals surface area contributed by atoms with E-state index in [4.69, 9.17) is 0 Å². The Morgan fingerprint density at radius 3 is 2.53 bits per heavy atom. The summed E-state index contributed by atoms with van der Waals surface area (Å²) in [4.78, 5) is 0. The maximum Gasteiger partial charge on any atom is 0.157 e. The Balaban J connectivity index is 2.50. The normalized spacial score (nSPS) is 12.9. The van der Waals surface area contributed by atoms with Gasteiger partial charge in [-0.2, -0.15) is 5.06 Å². The Bertz CT molecular complexity index is 355. The van der Waals surface area contributed by atoms with Crippen molar-refractivity contribution in [3.8, 4) is 11.5 Å². The molecule has 0 aliphatic heterocycles. The van der Waals surface area contributed by atoms with Crippen molar-refractivity contribution in [1.82, 2.24) is 5.06 Å². The summed E-state index contributed by atoms with van der Waals surface area (Å²) in [5, 5.41) is 29.4. The van der Waals surface area contributed by atoms with Gasteiger partial charge >= 0.3 is 0 Å². The van der Waals surface area contributed by atoms with E-state index in [9.17, 15) is 15.4 Å². The van der Waals surface area contributed by atoms with Gasteiger partial charge in [0.2, 0.25) is 0 Å². The SMILES string of the molecule is CCCN(O)CC(C)Cc1ccc(O)c(O)c1. The number of nitrogens with zero attached hydrogens (tertiary/aromatic N) is 1. The molecule has 0 radical (unpaired) electrons. The van der Waals surface area contributed by atoms with Gasteiger partial charge in [0.1, 0.15) is 0 Å². The molecule has 0 aliphatic carbocycles. The third-order valence-corrected chi connectivity index (χ3v) is 2.63. The Labute approximate surface area is 102 Å². The predicted octanol–water partition coefficient (Wildman–Crippen LogP) is 2.38. The first-order valence-corrected chi connectivity index (χ1v) is 5.97. The molecule has 1 rings (SSSR count). The summed E-state index contributed by atoms with van der Waals surface area (Å²) in [7, 11) is 0. The Kier molecular flexibility index (Phi) is 5.25. The minimum atomic E-state index is -0.101. The van der Waals surface area contributed by atoms with Crippen LogP contribution in [0, 0.1) is 5.92 Å². The van der Waals surface area contributed by atoms with Crippen LogP contribution in [-0.4, -0.2) is 33.6 Å². The van der Waals surface area contributed by atoms with Gasteiger partial charge in [-0.05, 0) is 36.5 Å². The van der Waals surface area contributed by atoms with E-state index in [-0.39, 0.29) is 17.4 Å². The molecule has 1 aromatic rings. The highest BCUT2D eigenvalue weighted by Gasteiger charge is 2.09. The molecule has 0 fully saturated rings. The molecule has 0 heterocycles. The second kappa shape index (κ2) is 6.47. The van der Waals surface area contributed by atoms with Gasteiger partial charge in [0.25, 0.3) is 0 Å². The smallest absolute Gasteiger partial charge is 0.157 e. The summed E-state index contributed by atoms with van der Waals surface area (Å²) in [6, 6.07) is 4.83.